The Balaban J connectivity index is 1.36. The predicted octanol–water partition coefficient (Wildman–Crippen LogP) is 4.17. The molecule has 0 aliphatic heterocycles. The third kappa shape index (κ3) is 5.34. The largest absolute Gasteiger partial charge is 0.486 e. The molecule has 1 aliphatic carbocycles. The van der Waals surface area contributed by atoms with Gasteiger partial charge in [-0.2, -0.15) is 0 Å². The summed E-state index contributed by atoms with van der Waals surface area (Å²) in [6.07, 6.45) is 10.1. The molecule has 0 spiro atoms. The number of hydrogen-bond donors (Lipinski definition) is 1. The summed E-state index contributed by atoms with van der Waals surface area (Å²) in [6.45, 7) is 7.14. The number of aryl methyl sites for hydroxylation is 2. The summed E-state index contributed by atoms with van der Waals surface area (Å²) in [5.41, 5.74) is 2.90. The molecule has 1 aromatic carbocycles. The zero-order chi connectivity index (χ0) is 21.8. The van der Waals surface area contributed by atoms with E-state index >= 15 is 0 Å². The van der Waals surface area contributed by atoms with E-state index in [0.29, 0.717) is 12.3 Å². The summed E-state index contributed by atoms with van der Waals surface area (Å²) in [5.74, 6) is 1.07. The summed E-state index contributed by atoms with van der Waals surface area (Å²) in [5, 5.41) is 7.03. The average Bonchev–Trinajstić information content (AvgIpc) is 3.43. The van der Waals surface area contributed by atoms with E-state index in [0.717, 1.165) is 18.6 Å². The van der Waals surface area contributed by atoms with Crippen molar-refractivity contribution >= 4 is 5.91 Å². The third-order valence-electron chi connectivity index (χ3n) is 5.80. The molecule has 7 nitrogen and oxygen atoms in total. The predicted molar refractivity (Wildman–Crippen MR) is 117 cm³/mol. The van der Waals surface area contributed by atoms with Gasteiger partial charge in [0.1, 0.15) is 12.4 Å². The van der Waals surface area contributed by atoms with Crippen molar-refractivity contribution in [1.29, 1.82) is 0 Å². The zero-order valence-electron chi connectivity index (χ0n) is 18.4. The average molecular weight is 423 g/mol. The Labute approximate surface area is 182 Å². The quantitative estimate of drug-likeness (QED) is 0.618. The molecule has 2 aromatic heterocycles. The molecule has 31 heavy (non-hydrogen) atoms. The Kier molecular flexibility index (Phi) is 6.11. The van der Waals surface area contributed by atoms with E-state index in [-0.39, 0.29) is 29.7 Å². The van der Waals surface area contributed by atoms with Gasteiger partial charge in [0.25, 0.3) is 5.91 Å². The number of benzene rings is 1. The van der Waals surface area contributed by atoms with Crippen LogP contribution in [0.4, 0.5) is 0 Å². The number of aromatic nitrogens is 3. The van der Waals surface area contributed by atoms with Gasteiger partial charge < -0.3 is 19.1 Å². The number of fused-ring (bicyclic) bond motifs is 1. The number of carbonyl (C=O) groups excluding carboxylic acids is 1. The lowest BCUT2D eigenvalue weighted by Crippen LogP contribution is -2.46. The van der Waals surface area contributed by atoms with Crippen LogP contribution >= 0.6 is 0 Å². The number of amides is 1. The van der Waals surface area contributed by atoms with Crippen LogP contribution < -0.4 is 10.1 Å². The van der Waals surface area contributed by atoms with E-state index in [2.05, 4.69) is 48.4 Å². The van der Waals surface area contributed by atoms with Crippen LogP contribution in [0.5, 0.6) is 5.75 Å². The van der Waals surface area contributed by atoms with Crippen LogP contribution in [-0.2, 0) is 26.0 Å². The SMILES string of the molecule is CC(C)(C)[C@@H](Cn1ccnc1)NC(=O)c1cc(COc2ccc3c(c2)CCCC3)on1. The summed E-state index contributed by atoms with van der Waals surface area (Å²) < 4.78 is 13.2. The molecular formula is C24H30N4O3. The molecule has 7 heteroatoms. The lowest BCUT2D eigenvalue weighted by Gasteiger charge is -2.31. The van der Waals surface area contributed by atoms with Crippen molar-refractivity contribution in [2.75, 3.05) is 0 Å². The number of ether oxygens (including phenoxy) is 1. The molecule has 0 bridgehead atoms. The third-order valence-corrected chi connectivity index (χ3v) is 5.80. The standard InChI is InChI=1S/C24H30N4O3/c1-24(2,3)22(14-28-11-10-25-16-28)26-23(29)21-13-20(31-27-21)15-30-19-9-8-17-6-4-5-7-18(17)12-19/h8-13,16,22H,4-7,14-15H2,1-3H3,(H,26,29)/t22-/m1/s1. The van der Waals surface area contributed by atoms with Gasteiger partial charge in [-0.25, -0.2) is 4.98 Å². The van der Waals surface area contributed by atoms with Crippen molar-refractivity contribution in [2.45, 2.75) is 65.6 Å². The number of imidazole rings is 1. The van der Waals surface area contributed by atoms with Gasteiger partial charge in [-0.05, 0) is 54.4 Å². The highest BCUT2D eigenvalue weighted by atomic mass is 16.5. The number of carbonyl (C=O) groups is 1. The molecule has 0 unspecified atom stereocenters. The Bertz CT molecular complexity index is 1020. The van der Waals surface area contributed by atoms with Crippen LogP contribution in [0.25, 0.3) is 0 Å². The monoisotopic (exact) mass is 422 g/mol. The van der Waals surface area contributed by atoms with Crippen LogP contribution in [0.2, 0.25) is 0 Å². The van der Waals surface area contributed by atoms with Gasteiger partial charge in [0, 0.05) is 25.0 Å². The van der Waals surface area contributed by atoms with Crippen LogP contribution in [0.15, 0.2) is 47.5 Å². The molecule has 0 saturated heterocycles. The molecule has 0 radical (unpaired) electrons. The maximum atomic E-state index is 12.8. The van der Waals surface area contributed by atoms with Crippen LogP contribution in [0, 0.1) is 5.41 Å². The van der Waals surface area contributed by atoms with Gasteiger partial charge in [0.15, 0.2) is 11.5 Å². The Hall–Kier alpha value is -3.09. The lowest BCUT2D eigenvalue weighted by molar-refractivity contribution is 0.0883. The number of rotatable bonds is 7. The van der Waals surface area contributed by atoms with Gasteiger partial charge in [0.2, 0.25) is 0 Å². The minimum absolute atomic E-state index is 0.0962. The normalized spacial score (nSPS) is 14.7. The van der Waals surface area contributed by atoms with Crippen molar-refractivity contribution < 1.29 is 14.1 Å². The highest BCUT2D eigenvalue weighted by Crippen LogP contribution is 2.26. The van der Waals surface area contributed by atoms with Crippen molar-refractivity contribution in [3.63, 3.8) is 0 Å². The second kappa shape index (κ2) is 8.96. The van der Waals surface area contributed by atoms with Crippen LogP contribution in [-0.4, -0.2) is 26.7 Å². The summed E-state index contributed by atoms with van der Waals surface area (Å²) in [7, 11) is 0. The maximum absolute atomic E-state index is 12.8. The molecule has 0 saturated carbocycles. The summed E-state index contributed by atoms with van der Waals surface area (Å²) in [6, 6.07) is 7.81. The van der Waals surface area contributed by atoms with E-state index < -0.39 is 0 Å². The molecule has 2 heterocycles. The fraction of sp³-hybridized carbons (Fsp3) is 0.458. The Morgan fingerprint density at radius 3 is 2.77 bits per heavy atom. The second-order valence-corrected chi connectivity index (χ2v) is 9.26. The van der Waals surface area contributed by atoms with Gasteiger partial charge in [-0.3, -0.25) is 4.79 Å². The van der Waals surface area contributed by atoms with Crippen molar-refractivity contribution in [2.24, 2.45) is 5.41 Å². The van der Waals surface area contributed by atoms with Crippen LogP contribution in [0.3, 0.4) is 0 Å². The van der Waals surface area contributed by atoms with E-state index in [1.165, 1.54) is 24.0 Å². The first-order chi connectivity index (χ1) is 14.9. The minimum Gasteiger partial charge on any atom is -0.486 e. The fourth-order valence-corrected chi connectivity index (χ4v) is 3.82. The first kappa shape index (κ1) is 21.2. The van der Waals surface area contributed by atoms with E-state index in [1.807, 2.05) is 16.8 Å². The van der Waals surface area contributed by atoms with Gasteiger partial charge in [-0.15, -0.1) is 0 Å². The molecule has 3 aromatic rings. The lowest BCUT2D eigenvalue weighted by atomic mass is 9.86. The summed E-state index contributed by atoms with van der Waals surface area (Å²) >= 11 is 0. The molecule has 1 atom stereocenters. The molecular weight excluding hydrogens is 392 g/mol. The van der Waals surface area contributed by atoms with Crippen molar-refractivity contribution in [3.8, 4) is 5.75 Å². The smallest absolute Gasteiger partial charge is 0.273 e. The topological polar surface area (TPSA) is 82.2 Å². The van der Waals surface area contributed by atoms with E-state index in [4.69, 9.17) is 9.26 Å². The zero-order valence-corrected chi connectivity index (χ0v) is 18.4. The van der Waals surface area contributed by atoms with Gasteiger partial charge in [-0.1, -0.05) is 32.0 Å². The van der Waals surface area contributed by atoms with Gasteiger partial charge in [0.05, 0.1) is 12.4 Å². The molecule has 164 valence electrons. The first-order valence-corrected chi connectivity index (χ1v) is 10.9. The Morgan fingerprint density at radius 1 is 1.23 bits per heavy atom. The van der Waals surface area contributed by atoms with Gasteiger partial charge >= 0.3 is 0 Å². The number of nitrogens with one attached hydrogen (secondary N) is 1. The molecule has 0 fully saturated rings. The van der Waals surface area contributed by atoms with Crippen molar-refractivity contribution in [3.05, 3.63) is 65.6 Å². The minimum atomic E-state index is -0.260. The van der Waals surface area contributed by atoms with Crippen molar-refractivity contribution in [1.82, 2.24) is 20.0 Å². The Morgan fingerprint density at radius 2 is 2.03 bits per heavy atom. The first-order valence-electron chi connectivity index (χ1n) is 10.9. The molecule has 1 aliphatic rings. The second-order valence-electron chi connectivity index (χ2n) is 9.26. The summed E-state index contributed by atoms with van der Waals surface area (Å²) in [4.78, 5) is 16.9. The van der Waals surface area contributed by atoms with Crippen LogP contribution in [0.1, 0.15) is 61.0 Å². The number of nitrogens with zero attached hydrogens (tertiary/aromatic N) is 3. The number of hydrogen-bond acceptors (Lipinski definition) is 5. The fourth-order valence-electron chi connectivity index (χ4n) is 3.82. The van der Waals surface area contributed by atoms with E-state index in [1.54, 1.807) is 18.6 Å². The highest BCUT2D eigenvalue weighted by molar-refractivity contribution is 5.92. The van der Waals surface area contributed by atoms with E-state index in [9.17, 15) is 4.79 Å². The maximum Gasteiger partial charge on any atom is 0.273 e. The molecule has 1 N–H and O–H groups in total. The highest BCUT2D eigenvalue weighted by Gasteiger charge is 2.28. The molecule has 4 rings (SSSR count). The molecule has 1 amide bonds.